The zero-order valence-corrected chi connectivity index (χ0v) is 5.61. The van der Waals surface area contributed by atoms with Gasteiger partial charge >= 0.3 is 5.97 Å². The highest BCUT2D eigenvalue weighted by Crippen LogP contribution is 1.82. The fourth-order valence-corrected chi connectivity index (χ4v) is 0.245. The van der Waals surface area contributed by atoms with Gasteiger partial charge in [0.25, 0.3) is 0 Å². The Morgan fingerprint density at radius 2 is 2.30 bits per heavy atom. The van der Waals surface area contributed by atoms with E-state index in [1.807, 2.05) is 0 Å². The molecule has 0 aliphatic heterocycles. The van der Waals surface area contributed by atoms with Crippen LogP contribution in [0.3, 0.4) is 0 Å². The molecule has 4 heteroatoms. The van der Waals surface area contributed by atoms with Crippen LogP contribution in [0.25, 0.3) is 0 Å². The molecule has 0 radical (unpaired) electrons. The molecule has 10 heavy (non-hydrogen) atoms. The molecule has 0 aromatic rings. The molecule has 0 aromatic carbocycles. The molecule has 0 saturated heterocycles. The predicted octanol–water partition coefficient (Wildman–Crippen LogP) is 0.356. The number of aliphatic imine (C=N–C) groups is 2. The third-order valence-electron chi connectivity index (χ3n) is 0.687. The standard InChI is InChI=1S/C6H8N2O2/c1-5(6(9)10)3-8-4-7-2/h3-4H,1H2,2H3,(H,9,10). The van der Waals surface area contributed by atoms with Gasteiger partial charge in [0.2, 0.25) is 0 Å². The molecule has 0 aromatic heterocycles. The summed E-state index contributed by atoms with van der Waals surface area (Å²) in [5, 5.41) is 8.25. The van der Waals surface area contributed by atoms with Gasteiger partial charge in [-0.3, -0.25) is 4.99 Å². The highest BCUT2D eigenvalue weighted by atomic mass is 16.4. The highest BCUT2D eigenvalue weighted by molar-refractivity contribution is 6.09. The lowest BCUT2D eigenvalue weighted by Crippen LogP contribution is -1.99. The van der Waals surface area contributed by atoms with Crippen LogP contribution in [0.2, 0.25) is 0 Å². The average Bonchev–Trinajstić information content (AvgIpc) is 1.88. The summed E-state index contributed by atoms with van der Waals surface area (Å²) in [6, 6.07) is 0. The summed E-state index contributed by atoms with van der Waals surface area (Å²) in [7, 11) is 1.54. The van der Waals surface area contributed by atoms with E-state index < -0.39 is 5.97 Å². The topological polar surface area (TPSA) is 62.0 Å². The summed E-state index contributed by atoms with van der Waals surface area (Å²) < 4.78 is 0. The molecular formula is C6H8N2O2. The van der Waals surface area contributed by atoms with Crippen molar-refractivity contribution in [2.75, 3.05) is 7.05 Å². The lowest BCUT2D eigenvalue weighted by molar-refractivity contribution is -0.131. The zero-order valence-electron chi connectivity index (χ0n) is 5.61. The minimum atomic E-state index is -1.08. The van der Waals surface area contributed by atoms with Crippen LogP contribution in [-0.4, -0.2) is 30.7 Å². The first-order valence-electron chi connectivity index (χ1n) is 2.54. The predicted molar refractivity (Wildman–Crippen MR) is 39.7 cm³/mol. The fraction of sp³-hybridized carbons (Fsp3) is 0.167. The number of carboxylic acid groups (broad SMARTS) is 1. The van der Waals surface area contributed by atoms with E-state index in [1.165, 1.54) is 6.34 Å². The molecule has 0 bridgehead atoms. The lowest BCUT2D eigenvalue weighted by atomic mass is 10.3. The second kappa shape index (κ2) is 4.43. The second-order valence-corrected chi connectivity index (χ2v) is 1.48. The number of aliphatic carboxylic acids is 1. The molecule has 1 N–H and O–H groups in total. The molecule has 0 heterocycles. The van der Waals surface area contributed by atoms with Crippen LogP contribution in [-0.2, 0) is 4.79 Å². The highest BCUT2D eigenvalue weighted by Gasteiger charge is 1.96. The maximum atomic E-state index is 10.1. The van der Waals surface area contributed by atoms with Gasteiger partial charge < -0.3 is 5.11 Å². The summed E-state index contributed by atoms with van der Waals surface area (Å²) in [6.07, 6.45) is 2.38. The van der Waals surface area contributed by atoms with Crippen molar-refractivity contribution >= 4 is 18.5 Å². The van der Waals surface area contributed by atoms with Crippen molar-refractivity contribution in [2.45, 2.75) is 0 Å². The first-order chi connectivity index (χ1) is 4.68. The van der Waals surface area contributed by atoms with Gasteiger partial charge in [-0.2, -0.15) is 0 Å². The van der Waals surface area contributed by atoms with Crippen molar-refractivity contribution in [1.82, 2.24) is 0 Å². The molecule has 54 valence electrons. The van der Waals surface area contributed by atoms with Crippen molar-refractivity contribution < 1.29 is 9.90 Å². The summed E-state index contributed by atoms with van der Waals surface area (Å²) >= 11 is 0. The van der Waals surface area contributed by atoms with E-state index >= 15 is 0 Å². The third kappa shape index (κ3) is 3.54. The molecule has 0 amide bonds. The maximum absolute atomic E-state index is 10.1. The van der Waals surface area contributed by atoms with E-state index in [4.69, 9.17) is 5.11 Å². The molecule has 0 aliphatic carbocycles. The number of hydrogen-bond acceptors (Lipinski definition) is 2. The fourth-order valence-electron chi connectivity index (χ4n) is 0.245. The van der Waals surface area contributed by atoms with Crippen LogP contribution in [0.5, 0.6) is 0 Å². The van der Waals surface area contributed by atoms with Gasteiger partial charge in [0.15, 0.2) is 0 Å². The Balaban J connectivity index is 3.90. The van der Waals surface area contributed by atoms with Crippen LogP contribution < -0.4 is 0 Å². The molecule has 0 unspecified atom stereocenters. The van der Waals surface area contributed by atoms with Crippen LogP contribution in [0.1, 0.15) is 0 Å². The van der Waals surface area contributed by atoms with Crippen molar-refractivity contribution in [3.05, 3.63) is 12.2 Å². The van der Waals surface area contributed by atoms with Crippen LogP contribution >= 0.6 is 0 Å². The Labute approximate surface area is 58.6 Å². The minimum absolute atomic E-state index is 0.0556. The van der Waals surface area contributed by atoms with Gasteiger partial charge in [0.05, 0.1) is 5.57 Å². The molecule has 0 spiro atoms. The van der Waals surface area contributed by atoms with Crippen molar-refractivity contribution in [3.8, 4) is 0 Å². The minimum Gasteiger partial charge on any atom is -0.478 e. The number of rotatable bonds is 3. The smallest absolute Gasteiger partial charge is 0.336 e. The normalized spacial score (nSPS) is 10.9. The van der Waals surface area contributed by atoms with Crippen LogP contribution in [0.4, 0.5) is 0 Å². The molecule has 0 aliphatic rings. The zero-order chi connectivity index (χ0) is 7.98. The second-order valence-electron chi connectivity index (χ2n) is 1.48. The lowest BCUT2D eigenvalue weighted by Gasteiger charge is -1.84. The van der Waals surface area contributed by atoms with Gasteiger partial charge in [-0.25, -0.2) is 9.79 Å². The van der Waals surface area contributed by atoms with Gasteiger partial charge in [0, 0.05) is 13.3 Å². The van der Waals surface area contributed by atoms with Crippen molar-refractivity contribution in [1.29, 1.82) is 0 Å². The molecule has 0 fully saturated rings. The van der Waals surface area contributed by atoms with Gasteiger partial charge in [-0.05, 0) is 0 Å². The van der Waals surface area contributed by atoms with E-state index in [0.717, 1.165) is 6.21 Å². The summed E-state index contributed by atoms with van der Waals surface area (Å²) in [5.74, 6) is -1.08. The molecule has 4 nitrogen and oxygen atoms in total. The number of hydrogen-bond donors (Lipinski definition) is 1. The summed E-state index contributed by atoms with van der Waals surface area (Å²) in [5.41, 5.74) is -0.0556. The Morgan fingerprint density at radius 3 is 2.70 bits per heavy atom. The van der Waals surface area contributed by atoms with E-state index in [2.05, 4.69) is 16.6 Å². The molecule has 0 saturated carbocycles. The first-order valence-corrected chi connectivity index (χ1v) is 2.54. The number of carboxylic acids is 1. The Morgan fingerprint density at radius 1 is 1.70 bits per heavy atom. The molecular weight excluding hydrogens is 132 g/mol. The van der Waals surface area contributed by atoms with E-state index in [1.54, 1.807) is 7.05 Å². The van der Waals surface area contributed by atoms with Gasteiger partial charge in [-0.15, -0.1) is 0 Å². The molecule has 0 rings (SSSR count). The van der Waals surface area contributed by atoms with E-state index in [0.29, 0.717) is 0 Å². The Bertz CT molecular complexity index is 194. The third-order valence-corrected chi connectivity index (χ3v) is 0.687. The maximum Gasteiger partial charge on any atom is 0.336 e. The Hall–Kier alpha value is -1.45. The van der Waals surface area contributed by atoms with Crippen LogP contribution in [0, 0.1) is 0 Å². The number of carbonyl (C=O) groups is 1. The monoisotopic (exact) mass is 140 g/mol. The van der Waals surface area contributed by atoms with Gasteiger partial charge in [-0.1, -0.05) is 6.58 Å². The van der Waals surface area contributed by atoms with E-state index in [-0.39, 0.29) is 5.57 Å². The average molecular weight is 140 g/mol. The van der Waals surface area contributed by atoms with Crippen LogP contribution in [0.15, 0.2) is 22.1 Å². The van der Waals surface area contributed by atoms with Crippen molar-refractivity contribution in [2.24, 2.45) is 9.98 Å². The Kier molecular flexibility index (Phi) is 3.79. The quantitative estimate of drug-likeness (QED) is 0.349. The summed E-state index contributed by atoms with van der Waals surface area (Å²) in [4.78, 5) is 17.1. The summed E-state index contributed by atoms with van der Waals surface area (Å²) in [6.45, 7) is 3.22. The SMILES string of the molecule is C=C(C=NC=NC)C(=O)O. The van der Waals surface area contributed by atoms with Gasteiger partial charge in [0.1, 0.15) is 6.34 Å². The first kappa shape index (κ1) is 8.55. The number of nitrogens with zero attached hydrogens (tertiary/aromatic N) is 2. The van der Waals surface area contributed by atoms with Crippen molar-refractivity contribution in [3.63, 3.8) is 0 Å². The largest absolute Gasteiger partial charge is 0.478 e. The molecule has 0 atom stereocenters. The van der Waals surface area contributed by atoms with E-state index in [9.17, 15) is 4.79 Å².